The van der Waals surface area contributed by atoms with Gasteiger partial charge in [-0.3, -0.25) is 0 Å². The van der Waals surface area contributed by atoms with Crippen LogP contribution in [0.5, 0.6) is 0 Å². The third kappa shape index (κ3) is 2.86. The van der Waals surface area contributed by atoms with Crippen molar-refractivity contribution >= 4 is 0 Å². The van der Waals surface area contributed by atoms with Crippen LogP contribution in [0.1, 0.15) is 6.42 Å². The van der Waals surface area contributed by atoms with E-state index < -0.39 is 42.5 Å². The van der Waals surface area contributed by atoms with Gasteiger partial charge >= 0.3 is 23.8 Å². The van der Waals surface area contributed by atoms with Crippen LogP contribution in [0.2, 0.25) is 0 Å². The fourth-order valence-electron chi connectivity index (χ4n) is 0.957. The number of alkyl halides is 8. The van der Waals surface area contributed by atoms with Crippen molar-refractivity contribution in [3.8, 4) is 0 Å². The highest BCUT2D eigenvalue weighted by molar-refractivity contribution is 5.20. The van der Waals surface area contributed by atoms with Crippen LogP contribution in [0, 0.1) is 0 Å². The van der Waals surface area contributed by atoms with E-state index in [1.54, 1.807) is 0 Å². The molecular weight excluding hydrogens is 293 g/mol. The van der Waals surface area contributed by atoms with Crippen molar-refractivity contribution in [3.05, 3.63) is 11.9 Å². The van der Waals surface area contributed by atoms with Gasteiger partial charge in [0.25, 0.3) is 0 Å². The van der Waals surface area contributed by atoms with Crippen LogP contribution in [0.15, 0.2) is 11.9 Å². The van der Waals surface area contributed by atoms with E-state index in [2.05, 4.69) is 0 Å². The van der Waals surface area contributed by atoms with Crippen LogP contribution in [0.3, 0.4) is 0 Å². The van der Waals surface area contributed by atoms with Gasteiger partial charge in [0, 0.05) is 0 Å². The molecule has 18 heavy (non-hydrogen) atoms. The van der Waals surface area contributed by atoms with E-state index in [1.807, 2.05) is 0 Å². The smallest absolute Gasteiger partial charge is 0.219 e. The first kappa shape index (κ1) is 17.0. The Hall–Kier alpha value is -1.03. The lowest BCUT2D eigenvalue weighted by Gasteiger charge is -2.33. The Bertz CT molecular complexity index is 323. The van der Waals surface area contributed by atoms with Crippen molar-refractivity contribution in [2.45, 2.75) is 30.6 Å². The molecule has 0 spiro atoms. The molecule has 0 saturated heterocycles. The maximum Gasteiger partial charge on any atom is 0.435 e. The standard InChI is InChI=1S/C7H3F11/c8-2(9)1-5(13,14)6(15,7(16,17)18)3(10)4(11)12/h2H,1H2. The van der Waals surface area contributed by atoms with Crippen molar-refractivity contribution in [2.24, 2.45) is 0 Å². The summed E-state index contributed by atoms with van der Waals surface area (Å²) in [5.41, 5.74) is -6.50. The summed E-state index contributed by atoms with van der Waals surface area (Å²) >= 11 is 0. The Morgan fingerprint density at radius 3 is 1.44 bits per heavy atom. The van der Waals surface area contributed by atoms with Gasteiger partial charge in [-0.25, -0.2) is 26.3 Å². The van der Waals surface area contributed by atoms with E-state index in [0.717, 1.165) is 0 Å². The highest BCUT2D eigenvalue weighted by atomic mass is 19.4. The van der Waals surface area contributed by atoms with Gasteiger partial charge in [-0.15, -0.1) is 0 Å². The largest absolute Gasteiger partial charge is 0.435 e. The molecule has 0 bridgehead atoms. The topological polar surface area (TPSA) is 0 Å². The van der Waals surface area contributed by atoms with Gasteiger partial charge in [0.2, 0.25) is 12.3 Å². The molecule has 0 saturated carbocycles. The minimum absolute atomic E-state index is 3.07. The average molecular weight is 296 g/mol. The Balaban J connectivity index is 5.88. The van der Waals surface area contributed by atoms with Gasteiger partial charge in [-0.2, -0.15) is 22.0 Å². The van der Waals surface area contributed by atoms with Gasteiger partial charge in [0.05, 0.1) is 6.42 Å². The fraction of sp³-hybridized carbons (Fsp3) is 0.714. The summed E-state index contributed by atoms with van der Waals surface area (Å²) in [4.78, 5) is 0. The molecular formula is C7H3F11. The summed E-state index contributed by atoms with van der Waals surface area (Å²) in [5, 5.41) is 0. The molecule has 1 unspecified atom stereocenters. The minimum atomic E-state index is -6.83. The van der Waals surface area contributed by atoms with Crippen molar-refractivity contribution in [1.29, 1.82) is 0 Å². The van der Waals surface area contributed by atoms with E-state index >= 15 is 0 Å². The first-order valence-corrected chi connectivity index (χ1v) is 3.90. The number of rotatable bonds is 4. The summed E-state index contributed by atoms with van der Waals surface area (Å²) in [7, 11) is 0. The highest BCUT2D eigenvalue weighted by Crippen LogP contribution is 2.53. The molecule has 0 aromatic heterocycles. The van der Waals surface area contributed by atoms with Crippen LogP contribution in [0.4, 0.5) is 48.3 Å². The predicted molar refractivity (Wildman–Crippen MR) is 35.8 cm³/mol. The number of halogens is 11. The second kappa shape index (κ2) is 4.92. The quantitative estimate of drug-likeness (QED) is 0.664. The maximum absolute atomic E-state index is 13.0. The first-order chi connectivity index (χ1) is 7.77. The summed E-state index contributed by atoms with van der Waals surface area (Å²) < 4.78 is 133. The van der Waals surface area contributed by atoms with Gasteiger partial charge in [0.15, 0.2) is 0 Å². The molecule has 108 valence electrons. The third-order valence-corrected chi connectivity index (χ3v) is 1.77. The van der Waals surface area contributed by atoms with Crippen molar-refractivity contribution in [2.75, 3.05) is 0 Å². The van der Waals surface area contributed by atoms with Gasteiger partial charge in [0.1, 0.15) is 0 Å². The Labute approximate surface area is 92.1 Å². The molecule has 0 aromatic carbocycles. The Morgan fingerprint density at radius 2 is 1.22 bits per heavy atom. The normalized spacial score (nSPS) is 16.7. The highest BCUT2D eigenvalue weighted by Gasteiger charge is 2.75. The molecule has 1 atom stereocenters. The van der Waals surface area contributed by atoms with E-state index in [9.17, 15) is 48.3 Å². The lowest BCUT2D eigenvalue weighted by molar-refractivity contribution is -0.298. The molecule has 0 aliphatic rings. The maximum atomic E-state index is 13.0. The first-order valence-electron chi connectivity index (χ1n) is 3.90. The summed E-state index contributed by atoms with van der Waals surface area (Å²) in [6.45, 7) is 0. The Morgan fingerprint density at radius 1 is 0.833 bits per heavy atom. The second-order valence-electron chi connectivity index (χ2n) is 3.03. The van der Waals surface area contributed by atoms with E-state index in [4.69, 9.17) is 0 Å². The zero-order chi connectivity index (χ0) is 14.9. The molecule has 0 radical (unpaired) electrons. The van der Waals surface area contributed by atoms with Crippen molar-refractivity contribution in [3.63, 3.8) is 0 Å². The van der Waals surface area contributed by atoms with E-state index in [0.29, 0.717) is 0 Å². The van der Waals surface area contributed by atoms with E-state index in [1.165, 1.54) is 0 Å². The van der Waals surface area contributed by atoms with E-state index in [-0.39, 0.29) is 0 Å². The molecule has 0 heterocycles. The lowest BCUT2D eigenvalue weighted by atomic mass is 9.93. The number of hydrogen-bond donors (Lipinski definition) is 0. The summed E-state index contributed by atoms with van der Waals surface area (Å²) in [5.74, 6) is -10.2. The molecule has 0 aliphatic heterocycles. The summed E-state index contributed by atoms with van der Waals surface area (Å²) in [6, 6.07) is 0. The number of allylic oxidation sites excluding steroid dienone is 1. The molecule has 11 heteroatoms. The van der Waals surface area contributed by atoms with Crippen molar-refractivity contribution < 1.29 is 48.3 Å². The molecule has 0 N–H and O–H groups in total. The monoisotopic (exact) mass is 296 g/mol. The van der Waals surface area contributed by atoms with Gasteiger partial charge < -0.3 is 0 Å². The zero-order valence-electron chi connectivity index (χ0n) is 7.94. The Kier molecular flexibility index (Phi) is 4.64. The van der Waals surface area contributed by atoms with Crippen LogP contribution in [0.25, 0.3) is 0 Å². The fourth-order valence-corrected chi connectivity index (χ4v) is 0.957. The molecule has 0 aliphatic carbocycles. The minimum Gasteiger partial charge on any atom is -0.219 e. The molecule has 0 fully saturated rings. The second-order valence-corrected chi connectivity index (χ2v) is 3.03. The van der Waals surface area contributed by atoms with Gasteiger partial charge in [-0.05, 0) is 0 Å². The molecule has 0 nitrogen and oxygen atoms in total. The number of hydrogen-bond acceptors (Lipinski definition) is 0. The molecule has 0 rings (SSSR count). The van der Waals surface area contributed by atoms with Crippen LogP contribution in [-0.4, -0.2) is 24.2 Å². The van der Waals surface area contributed by atoms with Crippen LogP contribution >= 0.6 is 0 Å². The predicted octanol–water partition coefficient (Wildman–Crippen LogP) is 4.63. The molecule has 0 amide bonds. The van der Waals surface area contributed by atoms with Crippen LogP contribution < -0.4 is 0 Å². The zero-order valence-corrected chi connectivity index (χ0v) is 7.94. The van der Waals surface area contributed by atoms with Crippen LogP contribution in [-0.2, 0) is 0 Å². The lowest BCUT2D eigenvalue weighted by Crippen LogP contribution is -2.56. The SMILES string of the molecule is FC(F)=C(F)C(F)(C(F)(F)F)C(F)(F)CC(F)F. The van der Waals surface area contributed by atoms with Crippen molar-refractivity contribution in [1.82, 2.24) is 0 Å². The third-order valence-electron chi connectivity index (χ3n) is 1.77. The summed E-state index contributed by atoms with van der Waals surface area (Å²) in [6.07, 6.45) is -18.1. The molecule has 0 aromatic rings. The van der Waals surface area contributed by atoms with Gasteiger partial charge in [-0.1, -0.05) is 0 Å². The average Bonchev–Trinajstić information content (AvgIpc) is 2.10.